The minimum Gasteiger partial charge on any atom is -0.326 e. The summed E-state index contributed by atoms with van der Waals surface area (Å²) in [5.41, 5.74) is 2.33. The fraction of sp³-hybridized carbons (Fsp3) is 0.650. The molecule has 0 bridgehead atoms. The second kappa shape index (κ2) is 7.96. The molecule has 1 unspecified atom stereocenters. The van der Waals surface area contributed by atoms with Gasteiger partial charge < -0.3 is 5.32 Å². The number of carbonyl (C=O) groups is 1. The van der Waals surface area contributed by atoms with Crippen LogP contribution in [-0.2, 0) is 10.2 Å². The number of nitrogens with one attached hydrogen (secondary N) is 1. The van der Waals surface area contributed by atoms with Crippen molar-refractivity contribution in [3.63, 3.8) is 0 Å². The van der Waals surface area contributed by atoms with Gasteiger partial charge in [-0.2, -0.15) is 0 Å². The highest BCUT2D eigenvalue weighted by atomic mass is 16.1. The molecule has 1 N–H and O–H groups in total. The molecule has 1 heterocycles. The van der Waals surface area contributed by atoms with Crippen LogP contribution in [0.3, 0.4) is 0 Å². The molecule has 23 heavy (non-hydrogen) atoms. The summed E-state index contributed by atoms with van der Waals surface area (Å²) < 4.78 is 0. The Morgan fingerprint density at radius 2 is 1.91 bits per heavy atom. The monoisotopic (exact) mass is 316 g/mol. The van der Waals surface area contributed by atoms with Crippen molar-refractivity contribution in [3.8, 4) is 0 Å². The number of anilines is 1. The summed E-state index contributed by atoms with van der Waals surface area (Å²) in [5, 5.41) is 3.03. The maximum Gasteiger partial charge on any atom is 0.225 e. The zero-order valence-corrected chi connectivity index (χ0v) is 15.2. The van der Waals surface area contributed by atoms with E-state index < -0.39 is 0 Å². The van der Waals surface area contributed by atoms with Crippen LogP contribution in [0.1, 0.15) is 65.4 Å². The molecule has 1 aromatic rings. The van der Waals surface area contributed by atoms with Gasteiger partial charge in [0.05, 0.1) is 0 Å². The van der Waals surface area contributed by atoms with Gasteiger partial charge in [-0.05, 0) is 48.9 Å². The number of benzene rings is 1. The smallest absolute Gasteiger partial charge is 0.225 e. The van der Waals surface area contributed by atoms with Gasteiger partial charge in [0.15, 0.2) is 0 Å². The van der Waals surface area contributed by atoms with Crippen LogP contribution in [0.5, 0.6) is 0 Å². The summed E-state index contributed by atoms with van der Waals surface area (Å²) in [4.78, 5) is 14.7. The third-order valence-corrected chi connectivity index (χ3v) is 4.88. The Labute approximate surface area is 141 Å². The van der Waals surface area contributed by atoms with E-state index in [4.69, 9.17) is 0 Å². The van der Waals surface area contributed by atoms with Crippen molar-refractivity contribution in [1.82, 2.24) is 4.90 Å². The number of rotatable bonds is 5. The normalized spacial score (nSPS) is 19.6. The van der Waals surface area contributed by atoms with Crippen molar-refractivity contribution in [1.29, 1.82) is 0 Å². The van der Waals surface area contributed by atoms with Gasteiger partial charge >= 0.3 is 0 Å². The number of nitrogens with zero attached hydrogens (tertiary/aromatic N) is 1. The van der Waals surface area contributed by atoms with Crippen molar-refractivity contribution < 1.29 is 4.79 Å². The van der Waals surface area contributed by atoms with E-state index >= 15 is 0 Å². The number of carbonyl (C=O) groups excluding carboxylic acids is 1. The Kier molecular flexibility index (Phi) is 6.23. The molecule has 128 valence electrons. The molecule has 0 aliphatic carbocycles. The van der Waals surface area contributed by atoms with Gasteiger partial charge in [0.2, 0.25) is 5.91 Å². The Morgan fingerprint density at radius 3 is 2.52 bits per heavy atom. The minimum atomic E-state index is 0.119. The second-order valence-corrected chi connectivity index (χ2v) is 7.72. The maximum absolute atomic E-state index is 12.2. The summed E-state index contributed by atoms with van der Waals surface area (Å²) >= 11 is 0. The molecule has 0 spiro atoms. The van der Waals surface area contributed by atoms with Crippen molar-refractivity contribution >= 4 is 11.6 Å². The molecule has 1 aliphatic heterocycles. The van der Waals surface area contributed by atoms with Gasteiger partial charge in [-0.25, -0.2) is 0 Å². The lowest BCUT2D eigenvalue weighted by molar-refractivity contribution is -0.116. The molecule has 0 aromatic heterocycles. The molecule has 1 aromatic carbocycles. The summed E-state index contributed by atoms with van der Waals surface area (Å²) in [7, 11) is 0. The average Bonchev–Trinajstić information content (AvgIpc) is 2.53. The number of amides is 1. The molecule has 1 atom stereocenters. The average molecular weight is 316 g/mol. The van der Waals surface area contributed by atoms with E-state index in [0.29, 0.717) is 12.5 Å². The number of likely N-dealkylation sites (tertiary alicyclic amines) is 1. The molecule has 0 saturated carbocycles. The highest BCUT2D eigenvalue weighted by Gasteiger charge is 2.21. The molecular weight excluding hydrogens is 284 g/mol. The first-order valence-electron chi connectivity index (χ1n) is 9.04. The van der Waals surface area contributed by atoms with Gasteiger partial charge in [-0.3, -0.25) is 9.69 Å². The number of piperidine rings is 1. The molecule has 2 rings (SSSR count). The molecule has 3 nitrogen and oxygen atoms in total. The SMILES string of the molecule is CCC1CCCCN1CCC(=O)Nc1ccc(C(C)(C)C)cc1. The largest absolute Gasteiger partial charge is 0.326 e. The molecule has 3 heteroatoms. The molecule has 1 amide bonds. The van der Waals surface area contributed by atoms with Crippen molar-refractivity contribution in [2.45, 2.75) is 71.3 Å². The van der Waals surface area contributed by atoms with E-state index in [-0.39, 0.29) is 11.3 Å². The molecule has 0 radical (unpaired) electrons. The van der Waals surface area contributed by atoms with Crippen molar-refractivity contribution in [3.05, 3.63) is 29.8 Å². The van der Waals surface area contributed by atoms with Crippen LogP contribution in [0.15, 0.2) is 24.3 Å². The zero-order valence-electron chi connectivity index (χ0n) is 15.2. The summed E-state index contributed by atoms with van der Waals surface area (Å²) in [6.07, 6.45) is 5.66. The quantitative estimate of drug-likeness (QED) is 0.862. The van der Waals surface area contributed by atoms with Crippen LogP contribution in [0.4, 0.5) is 5.69 Å². The zero-order chi connectivity index (χ0) is 16.9. The van der Waals surface area contributed by atoms with E-state index in [9.17, 15) is 4.79 Å². The van der Waals surface area contributed by atoms with E-state index in [0.717, 1.165) is 18.8 Å². The summed E-state index contributed by atoms with van der Waals surface area (Å²) in [6, 6.07) is 8.89. The van der Waals surface area contributed by atoms with Crippen molar-refractivity contribution in [2.24, 2.45) is 0 Å². The second-order valence-electron chi connectivity index (χ2n) is 7.72. The topological polar surface area (TPSA) is 32.3 Å². The Morgan fingerprint density at radius 1 is 1.22 bits per heavy atom. The lowest BCUT2D eigenvalue weighted by Crippen LogP contribution is -2.40. The van der Waals surface area contributed by atoms with E-state index in [2.05, 4.69) is 50.0 Å². The van der Waals surface area contributed by atoms with E-state index in [1.54, 1.807) is 0 Å². The Bertz CT molecular complexity index is 501. The highest BCUT2D eigenvalue weighted by molar-refractivity contribution is 5.90. The number of hydrogen-bond acceptors (Lipinski definition) is 2. The predicted molar refractivity (Wildman–Crippen MR) is 97.9 cm³/mol. The summed E-state index contributed by atoms with van der Waals surface area (Å²) in [6.45, 7) is 10.9. The maximum atomic E-state index is 12.2. The Hall–Kier alpha value is -1.35. The minimum absolute atomic E-state index is 0.119. The third-order valence-electron chi connectivity index (χ3n) is 4.88. The predicted octanol–water partition coefficient (Wildman–Crippen LogP) is 4.58. The van der Waals surface area contributed by atoms with Crippen molar-refractivity contribution in [2.75, 3.05) is 18.4 Å². The van der Waals surface area contributed by atoms with Crippen LogP contribution in [0.25, 0.3) is 0 Å². The van der Waals surface area contributed by atoms with E-state index in [1.165, 1.54) is 31.2 Å². The fourth-order valence-electron chi connectivity index (χ4n) is 3.34. The Balaban J connectivity index is 1.82. The van der Waals surface area contributed by atoms with Crippen LogP contribution < -0.4 is 5.32 Å². The fourth-order valence-corrected chi connectivity index (χ4v) is 3.34. The van der Waals surface area contributed by atoms with Gasteiger partial charge in [0, 0.05) is 24.7 Å². The van der Waals surface area contributed by atoms with Crippen LogP contribution in [0.2, 0.25) is 0 Å². The first-order valence-corrected chi connectivity index (χ1v) is 9.04. The number of hydrogen-bond donors (Lipinski definition) is 1. The summed E-state index contributed by atoms with van der Waals surface area (Å²) in [5.74, 6) is 0.119. The molecule has 1 aliphatic rings. The van der Waals surface area contributed by atoms with E-state index in [1.807, 2.05) is 12.1 Å². The molecule has 1 saturated heterocycles. The van der Waals surface area contributed by atoms with Crippen LogP contribution >= 0.6 is 0 Å². The lowest BCUT2D eigenvalue weighted by Gasteiger charge is -2.35. The van der Waals surface area contributed by atoms with Gasteiger partial charge in [-0.15, -0.1) is 0 Å². The van der Waals surface area contributed by atoms with Crippen LogP contribution in [0, 0.1) is 0 Å². The van der Waals surface area contributed by atoms with Gasteiger partial charge in [0.25, 0.3) is 0 Å². The van der Waals surface area contributed by atoms with Crippen LogP contribution in [-0.4, -0.2) is 29.9 Å². The molecule has 1 fully saturated rings. The van der Waals surface area contributed by atoms with Gasteiger partial charge in [-0.1, -0.05) is 46.2 Å². The molecular formula is C20H32N2O. The van der Waals surface area contributed by atoms with Gasteiger partial charge in [0.1, 0.15) is 0 Å². The standard InChI is InChI=1S/C20H32N2O/c1-5-18-8-6-7-14-22(18)15-13-19(23)21-17-11-9-16(10-12-17)20(2,3)4/h9-12,18H,5-8,13-15H2,1-4H3,(H,21,23). The first-order chi connectivity index (χ1) is 10.9. The lowest BCUT2D eigenvalue weighted by atomic mass is 9.87. The highest BCUT2D eigenvalue weighted by Crippen LogP contribution is 2.23. The first kappa shape index (κ1) is 18.0. The third kappa shape index (κ3) is 5.35.